The van der Waals surface area contributed by atoms with Gasteiger partial charge in [0.15, 0.2) is 0 Å². The number of aliphatic carboxylic acids is 1. The molecule has 0 aliphatic rings. The number of carbonyl (C=O) groups excluding carboxylic acids is 2. The molecule has 0 saturated heterocycles. The van der Waals surface area contributed by atoms with Gasteiger partial charge in [0.2, 0.25) is 5.91 Å². The number of carboxylic acids is 1. The van der Waals surface area contributed by atoms with E-state index in [1.807, 2.05) is 13.8 Å². The zero-order chi connectivity index (χ0) is 12.1. The summed E-state index contributed by atoms with van der Waals surface area (Å²) in [7, 11) is 0. The lowest BCUT2D eigenvalue weighted by molar-refractivity contribution is -0.304. The van der Waals surface area contributed by atoms with Crippen molar-refractivity contribution in [3.63, 3.8) is 0 Å². The lowest BCUT2D eigenvalue weighted by Gasteiger charge is -2.06. The Bertz CT molecular complexity index is 387. The summed E-state index contributed by atoms with van der Waals surface area (Å²) in [5.74, 6) is -1.27. The molecule has 0 bridgehead atoms. The quantitative estimate of drug-likeness (QED) is 0.753. The van der Waals surface area contributed by atoms with Crippen molar-refractivity contribution < 1.29 is 14.7 Å². The van der Waals surface area contributed by atoms with Gasteiger partial charge in [-0.2, -0.15) is 0 Å². The van der Waals surface area contributed by atoms with Crippen LogP contribution in [0.15, 0.2) is 5.38 Å². The second-order valence-corrected chi connectivity index (χ2v) is 4.62. The third-order valence-corrected chi connectivity index (χ3v) is 2.58. The predicted octanol–water partition coefficient (Wildman–Crippen LogP) is -0.497. The molecule has 88 valence electrons. The molecule has 0 fully saturated rings. The van der Waals surface area contributed by atoms with E-state index in [0.717, 1.165) is 0 Å². The van der Waals surface area contributed by atoms with Crippen molar-refractivity contribution in [2.24, 2.45) is 0 Å². The molecule has 1 aromatic rings. The lowest BCUT2D eigenvalue weighted by Crippen LogP contribution is -2.31. The summed E-state index contributed by atoms with van der Waals surface area (Å²) >= 11 is 1.28. The molecule has 0 aliphatic carbocycles. The van der Waals surface area contributed by atoms with Gasteiger partial charge in [-0.3, -0.25) is 4.79 Å². The molecule has 1 aromatic heterocycles. The van der Waals surface area contributed by atoms with Crippen LogP contribution in [0.1, 0.15) is 24.5 Å². The number of nitrogens with zero attached hydrogens (tertiary/aromatic N) is 1. The van der Waals surface area contributed by atoms with Gasteiger partial charge >= 0.3 is 0 Å². The summed E-state index contributed by atoms with van der Waals surface area (Å²) in [4.78, 5) is 25.7. The largest absolute Gasteiger partial charge is 0.550 e. The van der Waals surface area contributed by atoms with Crippen LogP contribution in [-0.2, 0) is 22.4 Å². The smallest absolute Gasteiger partial charge is 0.227 e. The van der Waals surface area contributed by atoms with Gasteiger partial charge < -0.3 is 15.2 Å². The SMILES string of the molecule is CC(C)NC(=O)Cc1nc(CC(=O)[O-])cs1. The van der Waals surface area contributed by atoms with Crippen LogP contribution < -0.4 is 10.4 Å². The number of thiazole rings is 1. The molecular formula is C10H13N2O3S-. The van der Waals surface area contributed by atoms with Crippen LogP contribution in [0.5, 0.6) is 0 Å². The zero-order valence-corrected chi connectivity index (χ0v) is 9.97. The second kappa shape index (κ2) is 5.60. The van der Waals surface area contributed by atoms with Crippen molar-refractivity contribution in [3.05, 3.63) is 16.1 Å². The molecule has 16 heavy (non-hydrogen) atoms. The number of hydrogen-bond donors (Lipinski definition) is 1. The van der Waals surface area contributed by atoms with E-state index in [-0.39, 0.29) is 24.8 Å². The summed E-state index contributed by atoms with van der Waals surface area (Å²) in [6, 6.07) is 0.0927. The zero-order valence-electron chi connectivity index (χ0n) is 9.15. The monoisotopic (exact) mass is 241 g/mol. The van der Waals surface area contributed by atoms with Gasteiger partial charge in [-0.1, -0.05) is 0 Å². The fourth-order valence-corrected chi connectivity index (χ4v) is 1.96. The number of rotatable bonds is 5. The van der Waals surface area contributed by atoms with Gasteiger partial charge in [-0.05, 0) is 13.8 Å². The van der Waals surface area contributed by atoms with Crippen LogP contribution in [0.25, 0.3) is 0 Å². The van der Waals surface area contributed by atoms with Crippen molar-refractivity contribution in [1.82, 2.24) is 10.3 Å². The molecule has 0 unspecified atom stereocenters. The molecule has 0 spiro atoms. The van der Waals surface area contributed by atoms with Crippen molar-refractivity contribution in [3.8, 4) is 0 Å². The highest BCUT2D eigenvalue weighted by molar-refractivity contribution is 7.09. The fourth-order valence-electron chi connectivity index (χ4n) is 1.17. The molecule has 0 aliphatic heterocycles. The summed E-state index contributed by atoms with van der Waals surface area (Å²) in [5, 5.41) is 15.3. The molecule has 1 N–H and O–H groups in total. The van der Waals surface area contributed by atoms with Gasteiger partial charge in [-0.15, -0.1) is 11.3 Å². The summed E-state index contributed by atoms with van der Waals surface area (Å²) in [5.41, 5.74) is 0.442. The van der Waals surface area contributed by atoms with E-state index in [1.165, 1.54) is 11.3 Å². The van der Waals surface area contributed by atoms with Gasteiger partial charge in [0.25, 0.3) is 0 Å². The van der Waals surface area contributed by atoms with E-state index in [0.29, 0.717) is 10.7 Å². The molecule has 0 radical (unpaired) electrons. The normalized spacial score (nSPS) is 10.4. The van der Waals surface area contributed by atoms with Crippen LogP contribution >= 0.6 is 11.3 Å². The van der Waals surface area contributed by atoms with E-state index in [1.54, 1.807) is 5.38 Å². The van der Waals surface area contributed by atoms with Gasteiger partial charge in [0.05, 0.1) is 12.1 Å². The highest BCUT2D eigenvalue weighted by Gasteiger charge is 2.08. The van der Waals surface area contributed by atoms with Gasteiger partial charge in [0.1, 0.15) is 5.01 Å². The molecule has 6 heteroatoms. The third kappa shape index (κ3) is 4.39. The van der Waals surface area contributed by atoms with Crippen LogP contribution in [0.4, 0.5) is 0 Å². The van der Waals surface area contributed by atoms with Crippen LogP contribution in [0.3, 0.4) is 0 Å². The predicted molar refractivity (Wildman–Crippen MR) is 57.8 cm³/mol. The molecular weight excluding hydrogens is 228 g/mol. The summed E-state index contributed by atoms with van der Waals surface area (Å²) in [6.45, 7) is 3.75. The molecule has 5 nitrogen and oxygen atoms in total. The maximum atomic E-state index is 11.4. The summed E-state index contributed by atoms with van der Waals surface area (Å²) < 4.78 is 0. The van der Waals surface area contributed by atoms with E-state index >= 15 is 0 Å². The number of amides is 1. The molecule has 0 atom stereocenters. The van der Waals surface area contributed by atoms with E-state index in [2.05, 4.69) is 10.3 Å². The molecule has 1 rings (SSSR count). The van der Waals surface area contributed by atoms with Crippen LogP contribution in [-0.4, -0.2) is 22.9 Å². The highest BCUT2D eigenvalue weighted by atomic mass is 32.1. The Labute approximate surface area is 97.5 Å². The number of nitrogens with one attached hydrogen (secondary N) is 1. The maximum absolute atomic E-state index is 11.4. The topological polar surface area (TPSA) is 82.1 Å². The average Bonchev–Trinajstić information content (AvgIpc) is 2.49. The number of carbonyl (C=O) groups is 2. The van der Waals surface area contributed by atoms with Crippen molar-refractivity contribution in [2.45, 2.75) is 32.7 Å². The highest BCUT2D eigenvalue weighted by Crippen LogP contribution is 2.10. The Morgan fingerprint density at radius 1 is 1.50 bits per heavy atom. The minimum absolute atomic E-state index is 0.0927. The molecule has 0 saturated carbocycles. The Hall–Kier alpha value is -1.43. The van der Waals surface area contributed by atoms with E-state index in [4.69, 9.17) is 0 Å². The summed E-state index contributed by atoms with van der Waals surface area (Å²) in [6.07, 6.45) is -0.0157. The van der Waals surface area contributed by atoms with Crippen molar-refractivity contribution in [2.75, 3.05) is 0 Å². The molecule has 0 aromatic carbocycles. The number of aromatic nitrogens is 1. The standard InChI is InChI=1S/C10H14N2O3S/c1-6(2)11-8(13)4-9-12-7(5-16-9)3-10(14)15/h5-6H,3-4H2,1-2H3,(H,11,13)(H,14,15)/p-1. The Morgan fingerprint density at radius 3 is 2.75 bits per heavy atom. The Kier molecular flexibility index (Phi) is 4.42. The van der Waals surface area contributed by atoms with Crippen molar-refractivity contribution >= 4 is 23.2 Å². The number of hydrogen-bond acceptors (Lipinski definition) is 5. The lowest BCUT2D eigenvalue weighted by atomic mass is 10.3. The maximum Gasteiger partial charge on any atom is 0.227 e. The molecule has 1 amide bonds. The first kappa shape index (κ1) is 12.6. The first-order valence-electron chi connectivity index (χ1n) is 4.90. The first-order valence-corrected chi connectivity index (χ1v) is 5.78. The average molecular weight is 241 g/mol. The molecule has 1 heterocycles. The minimum Gasteiger partial charge on any atom is -0.550 e. The van der Waals surface area contributed by atoms with Gasteiger partial charge in [0, 0.05) is 23.8 Å². The van der Waals surface area contributed by atoms with Crippen molar-refractivity contribution in [1.29, 1.82) is 0 Å². The van der Waals surface area contributed by atoms with Gasteiger partial charge in [-0.25, -0.2) is 4.98 Å². The van der Waals surface area contributed by atoms with E-state index in [9.17, 15) is 14.7 Å². The van der Waals surface area contributed by atoms with Crippen LogP contribution in [0.2, 0.25) is 0 Å². The van der Waals surface area contributed by atoms with Crippen LogP contribution in [0, 0.1) is 0 Å². The van der Waals surface area contributed by atoms with E-state index < -0.39 is 5.97 Å². The second-order valence-electron chi connectivity index (χ2n) is 3.68. The minimum atomic E-state index is -1.16. The number of carboxylic acid groups (broad SMARTS) is 1. The third-order valence-electron chi connectivity index (χ3n) is 1.69. The Balaban J connectivity index is 2.51. The fraction of sp³-hybridized carbons (Fsp3) is 0.500. The Morgan fingerprint density at radius 2 is 2.19 bits per heavy atom. The first-order chi connectivity index (χ1) is 7.47.